The number of carbonyl (C=O) groups is 1. The van der Waals surface area contributed by atoms with Crippen LogP contribution in [0.4, 0.5) is 4.39 Å². The average Bonchev–Trinajstić information content (AvgIpc) is 2.75. The van der Waals surface area contributed by atoms with Gasteiger partial charge in [-0.05, 0) is 18.1 Å². The van der Waals surface area contributed by atoms with E-state index >= 15 is 0 Å². The molecule has 150 valence electrons. The second kappa shape index (κ2) is 9.54. The standard InChI is InChI=1S/C24H25FN2O2/c1-16(2)23(15-28)26-14-22-20(25)12-13-21(27-22)17-8-10-19(11-9-17)24(29)18-6-4-3-5-7-18/h3-13,16,23,26,28H,14-15H2,1-2H3/t23-/m0/s1. The molecular weight excluding hydrogens is 367 g/mol. The minimum atomic E-state index is -0.391. The second-order valence-corrected chi connectivity index (χ2v) is 7.31. The first-order chi connectivity index (χ1) is 14.0. The van der Waals surface area contributed by atoms with Gasteiger partial charge >= 0.3 is 0 Å². The molecule has 0 fully saturated rings. The smallest absolute Gasteiger partial charge is 0.193 e. The minimum absolute atomic E-state index is 0.0180. The third-order valence-electron chi connectivity index (χ3n) is 4.93. The number of hydrogen-bond donors (Lipinski definition) is 2. The molecule has 1 aromatic heterocycles. The summed E-state index contributed by atoms with van der Waals surface area (Å²) in [6.45, 7) is 4.20. The van der Waals surface area contributed by atoms with E-state index in [-0.39, 0.29) is 30.9 Å². The molecule has 0 bridgehead atoms. The van der Waals surface area contributed by atoms with E-state index in [9.17, 15) is 14.3 Å². The zero-order valence-electron chi connectivity index (χ0n) is 16.6. The van der Waals surface area contributed by atoms with E-state index in [1.54, 1.807) is 30.3 Å². The van der Waals surface area contributed by atoms with Crippen LogP contribution in [0.15, 0.2) is 66.7 Å². The zero-order valence-corrected chi connectivity index (χ0v) is 16.6. The maximum atomic E-state index is 14.2. The maximum absolute atomic E-state index is 14.2. The molecule has 0 spiro atoms. The number of carbonyl (C=O) groups excluding carboxylic acids is 1. The molecule has 4 nitrogen and oxygen atoms in total. The molecular formula is C24H25FN2O2. The molecule has 29 heavy (non-hydrogen) atoms. The molecule has 2 N–H and O–H groups in total. The number of benzene rings is 2. The van der Waals surface area contributed by atoms with Gasteiger partial charge in [-0.15, -0.1) is 0 Å². The average molecular weight is 392 g/mol. The molecule has 3 rings (SSSR count). The lowest BCUT2D eigenvalue weighted by Gasteiger charge is -2.20. The highest BCUT2D eigenvalue weighted by Gasteiger charge is 2.14. The Balaban J connectivity index is 1.78. The first kappa shape index (κ1) is 20.8. The van der Waals surface area contributed by atoms with Gasteiger partial charge in [-0.2, -0.15) is 0 Å². The Morgan fingerprint density at radius 3 is 2.28 bits per heavy atom. The summed E-state index contributed by atoms with van der Waals surface area (Å²) in [5.41, 5.74) is 2.96. The van der Waals surface area contributed by atoms with E-state index < -0.39 is 5.82 Å². The van der Waals surface area contributed by atoms with Crippen molar-refractivity contribution in [1.82, 2.24) is 10.3 Å². The van der Waals surface area contributed by atoms with Crippen LogP contribution in [0.3, 0.4) is 0 Å². The van der Waals surface area contributed by atoms with Crippen molar-refractivity contribution < 1.29 is 14.3 Å². The van der Waals surface area contributed by atoms with Crippen LogP contribution in [0.25, 0.3) is 11.3 Å². The summed E-state index contributed by atoms with van der Waals surface area (Å²) < 4.78 is 14.2. The third-order valence-corrected chi connectivity index (χ3v) is 4.93. The normalized spacial score (nSPS) is 12.2. The third kappa shape index (κ3) is 5.13. The molecule has 0 unspecified atom stereocenters. The van der Waals surface area contributed by atoms with Gasteiger partial charge in [0.15, 0.2) is 5.78 Å². The van der Waals surface area contributed by atoms with Crippen molar-refractivity contribution in [3.8, 4) is 11.3 Å². The first-order valence-corrected chi connectivity index (χ1v) is 9.69. The first-order valence-electron chi connectivity index (χ1n) is 9.69. The Labute approximate surface area is 170 Å². The van der Waals surface area contributed by atoms with Crippen LogP contribution >= 0.6 is 0 Å². The fourth-order valence-electron chi connectivity index (χ4n) is 3.06. The molecule has 3 aromatic rings. The molecule has 1 atom stereocenters. The Morgan fingerprint density at radius 2 is 1.66 bits per heavy atom. The number of nitrogens with zero attached hydrogens (tertiary/aromatic N) is 1. The Hall–Kier alpha value is -2.89. The van der Waals surface area contributed by atoms with Crippen molar-refractivity contribution in [1.29, 1.82) is 0 Å². The van der Waals surface area contributed by atoms with E-state index in [2.05, 4.69) is 10.3 Å². The highest BCUT2D eigenvalue weighted by Crippen LogP contribution is 2.21. The van der Waals surface area contributed by atoms with Gasteiger partial charge in [-0.25, -0.2) is 9.37 Å². The van der Waals surface area contributed by atoms with Gasteiger partial charge in [0.2, 0.25) is 0 Å². The number of rotatable bonds is 8. The quantitative estimate of drug-likeness (QED) is 0.564. The monoisotopic (exact) mass is 392 g/mol. The molecule has 0 aliphatic heterocycles. The van der Waals surface area contributed by atoms with Crippen LogP contribution in [0.1, 0.15) is 35.5 Å². The van der Waals surface area contributed by atoms with Gasteiger partial charge in [0.1, 0.15) is 5.82 Å². The molecule has 0 saturated carbocycles. The van der Waals surface area contributed by atoms with E-state index in [0.29, 0.717) is 22.5 Å². The Morgan fingerprint density at radius 1 is 1.00 bits per heavy atom. The Kier molecular flexibility index (Phi) is 6.86. The summed E-state index contributed by atoms with van der Waals surface area (Å²) in [5, 5.41) is 12.6. The molecule has 2 aromatic carbocycles. The predicted octanol–water partition coefficient (Wildman–Crippen LogP) is 4.23. The number of ketones is 1. The summed E-state index contributed by atoms with van der Waals surface area (Å²) in [6, 6.07) is 19.2. The van der Waals surface area contributed by atoms with Gasteiger partial charge < -0.3 is 10.4 Å². The molecule has 0 aliphatic rings. The lowest BCUT2D eigenvalue weighted by Crippen LogP contribution is -2.36. The van der Waals surface area contributed by atoms with Crippen molar-refractivity contribution in [3.63, 3.8) is 0 Å². The summed E-state index contributed by atoms with van der Waals surface area (Å²) in [7, 11) is 0. The summed E-state index contributed by atoms with van der Waals surface area (Å²) in [4.78, 5) is 17.0. The number of halogens is 1. The van der Waals surface area contributed by atoms with Crippen molar-refractivity contribution in [2.24, 2.45) is 5.92 Å². The number of hydrogen-bond acceptors (Lipinski definition) is 4. The zero-order chi connectivity index (χ0) is 20.8. The molecule has 0 aliphatic carbocycles. The lowest BCUT2D eigenvalue weighted by molar-refractivity contribution is 0.103. The van der Waals surface area contributed by atoms with Crippen molar-refractivity contribution in [2.45, 2.75) is 26.4 Å². The minimum Gasteiger partial charge on any atom is -0.395 e. The fourth-order valence-corrected chi connectivity index (χ4v) is 3.06. The van der Waals surface area contributed by atoms with E-state index in [1.807, 2.05) is 44.2 Å². The Bertz CT molecular complexity index is 956. The summed E-state index contributed by atoms with van der Waals surface area (Å²) in [6.07, 6.45) is 0. The van der Waals surface area contributed by atoms with Crippen LogP contribution in [0, 0.1) is 11.7 Å². The van der Waals surface area contributed by atoms with Crippen molar-refractivity contribution in [2.75, 3.05) is 6.61 Å². The molecule has 0 amide bonds. The van der Waals surface area contributed by atoms with Gasteiger partial charge in [-0.3, -0.25) is 4.79 Å². The van der Waals surface area contributed by atoms with Gasteiger partial charge in [0.05, 0.1) is 18.0 Å². The van der Waals surface area contributed by atoms with Crippen LogP contribution in [-0.2, 0) is 6.54 Å². The number of pyridine rings is 1. The van der Waals surface area contributed by atoms with Gasteiger partial charge in [-0.1, -0.05) is 68.4 Å². The molecule has 5 heteroatoms. The fraction of sp³-hybridized carbons (Fsp3) is 0.250. The van der Waals surface area contributed by atoms with Gasteiger partial charge in [0.25, 0.3) is 0 Å². The summed E-state index contributed by atoms with van der Waals surface area (Å²) >= 11 is 0. The maximum Gasteiger partial charge on any atom is 0.193 e. The molecule has 0 saturated heterocycles. The topological polar surface area (TPSA) is 62.2 Å². The number of nitrogens with one attached hydrogen (secondary N) is 1. The number of aliphatic hydroxyl groups excluding tert-OH is 1. The number of aliphatic hydroxyl groups is 1. The SMILES string of the molecule is CC(C)[C@H](CO)NCc1nc(-c2ccc(C(=O)c3ccccc3)cc2)ccc1F. The van der Waals surface area contributed by atoms with E-state index in [4.69, 9.17) is 0 Å². The predicted molar refractivity (Wildman–Crippen MR) is 112 cm³/mol. The molecule has 0 radical (unpaired) electrons. The van der Waals surface area contributed by atoms with Crippen molar-refractivity contribution >= 4 is 5.78 Å². The lowest BCUT2D eigenvalue weighted by atomic mass is 10.0. The van der Waals surface area contributed by atoms with Crippen LogP contribution in [-0.4, -0.2) is 28.5 Å². The highest BCUT2D eigenvalue weighted by molar-refractivity contribution is 6.09. The van der Waals surface area contributed by atoms with Crippen molar-refractivity contribution in [3.05, 3.63) is 89.4 Å². The van der Waals surface area contributed by atoms with Crippen LogP contribution < -0.4 is 5.32 Å². The van der Waals surface area contributed by atoms with E-state index in [1.165, 1.54) is 6.07 Å². The van der Waals surface area contributed by atoms with E-state index in [0.717, 1.165) is 5.56 Å². The number of aromatic nitrogens is 1. The largest absolute Gasteiger partial charge is 0.395 e. The van der Waals surface area contributed by atoms with Crippen LogP contribution in [0.5, 0.6) is 0 Å². The molecule has 1 heterocycles. The second-order valence-electron chi connectivity index (χ2n) is 7.31. The van der Waals surface area contributed by atoms with Crippen LogP contribution in [0.2, 0.25) is 0 Å². The summed E-state index contributed by atoms with van der Waals surface area (Å²) in [5.74, 6) is -0.212. The highest BCUT2D eigenvalue weighted by atomic mass is 19.1. The van der Waals surface area contributed by atoms with Gasteiger partial charge in [0, 0.05) is 29.3 Å².